The smallest absolute Gasteiger partial charge is 0.240 e. The molecule has 1 unspecified atom stereocenters. The zero-order valence-corrected chi connectivity index (χ0v) is 12.3. The number of piperidine rings is 1. The molecule has 110 valence electrons. The SMILES string of the molecule is CCCNC1CCCN(Cc2ccnc(OC)c2)C1=O. The first-order chi connectivity index (χ1) is 9.74. The summed E-state index contributed by atoms with van der Waals surface area (Å²) in [5.41, 5.74) is 1.06. The van der Waals surface area contributed by atoms with Crippen molar-refractivity contribution in [3.05, 3.63) is 23.9 Å². The lowest BCUT2D eigenvalue weighted by molar-refractivity contribution is -0.136. The summed E-state index contributed by atoms with van der Waals surface area (Å²) in [6, 6.07) is 3.79. The van der Waals surface area contributed by atoms with E-state index in [-0.39, 0.29) is 11.9 Å². The molecule has 1 saturated heterocycles. The summed E-state index contributed by atoms with van der Waals surface area (Å²) < 4.78 is 5.12. The molecule has 1 fully saturated rings. The van der Waals surface area contributed by atoms with E-state index in [9.17, 15) is 4.79 Å². The van der Waals surface area contributed by atoms with Gasteiger partial charge in [-0.25, -0.2) is 4.98 Å². The van der Waals surface area contributed by atoms with E-state index in [4.69, 9.17) is 4.74 Å². The number of likely N-dealkylation sites (tertiary alicyclic amines) is 1. The maximum absolute atomic E-state index is 12.4. The Balaban J connectivity index is 1.98. The van der Waals surface area contributed by atoms with Crippen LogP contribution in [0, 0.1) is 0 Å². The molecule has 0 saturated carbocycles. The van der Waals surface area contributed by atoms with Gasteiger partial charge in [0.05, 0.1) is 13.2 Å². The summed E-state index contributed by atoms with van der Waals surface area (Å²) >= 11 is 0. The molecule has 2 rings (SSSR count). The number of rotatable bonds is 6. The van der Waals surface area contributed by atoms with Crippen molar-refractivity contribution in [1.82, 2.24) is 15.2 Å². The van der Waals surface area contributed by atoms with Crippen molar-refractivity contribution in [2.75, 3.05) is 20.2 Å². The number of methoxy groups -OCH3 is 1. The first-order valence-corrected chi connectivity index (χ1v) is 7.25. The fourth-order valence-corrected chi connectivity index (χ4v) is 2.49. The van der Waals surface area contributed by atoms with Gasteiger partial charge in [-0.05, 0) is 37.4 Å². The highest BCUT2D eigenvalue weighted by atomic mass is 16.5. The number of ether oxygens (including phenoxy) is 1. The number of nitrogens with zero attached hydrogens (tertiary/aromatic N) is 2. The van der Waals surface area contributed by atoms with Gasteiger partial charge in [-0.15, -0.1) is 0 Å². The van der Waals surface area contributed by atoms with E-state index in [0.29, 0.717) is 12.4 Å². The Hall–Kier alpha value is -1.62. The lowest BCUT2D eigenvalue weighted by Crippen LogP contribution is -2.50. The van der Waals surface area contributed by atoms with Gasteiger partial charge >= 0.3 is 0 Å². The normalized spacial score (nSPS) is 19.2. The Kier molecular flexibility index (Phi) is 5.35. The van der Waals surface area contributed by atoms with Crippen LogP contribution in [-0.2, 0) is 11.3 Å². The molecule has 0 spiro atoms. The Morgan fingerprint density at radius 3 is 3.15 bits per heavy atom. The third-order valence-electron chi connectivity index (χ3n) is 3.55. The van der Waals surface area contributed by atoms with E-state index in [0.717, 1.165) is 37.9 Å². The molecule has 0 bridgehead atoms. The molecule has 1 aromatic heterocycles. The number of aromatic nitrogens is 1. The summed E-state index contributed by atoms with van der Waals surface area (Å²) in [5, 5.41) is 3.33. The van der Waals surface area contributed by atoms with Crippen LogP contribution in [0.3, 0.4) is 0 Å². The Morgan fingerprint density at radius 2 is 2.40 bits per heavy atom. The third kappa shape index (κ3) is 3.70. The van der Waals surface area contributed by atoms with Crippen LogP contribution in [0.5, 0.6) is 5.88 Å². The first kappa shape index (κ1) is 14.8. The van der Waals surface area contributed by atoms with Crippen molar-refractivity contribution in [2.45, 2.75) is 38.8 Å². The van der Waals surface area contributed by atoms with Crippen LogP contribution >= 0.6 is 0 Å². The average molecular weight is 277 g/mol. The Labute approximate surface area is 120 Å². The van der Waals surface area contributed by atoms with Crippen molar-refractivity contribution >= 4 is 5.91 Å². The van der Waals surface area contributed by atoms with Gasteiger partial charge in [0.1, 0.15) is 0 Å². The van der Waals surface area contributed by atoms with E-state index in [1.807, 2.05) is 17.0 Å². The number of pyridine rings is 1. The molecule has 1 aliphatic heterocycles. The highest BCUT2D eigenvalue weighted by Crippen LogP contribution is 2.17. The topological polar surface area (TPSA) is 54.5 Å². The number of hydrogen-bond acceptors (Lipinski definition) is 4. The average Bonchev–Trinajstić information content (AvgIpc) is 2.48. The van der Waals surface area contributed by atoms with Gasteiger partial charge in [-0.2, -0.15) is 0 Å². The van der Waals surface area contributed by atoms with Crippen LogP contribution in [-0.4, -0.2) is 42.0 Å². The van der Waals surface area contributed by atoms with Gasteiger partial charge in [-0.1, -0.05) is 6.92 Å². The van der Waals surface area contributed by atoms with Crippen molar-refractivity contribution in [1.29, 1.82) is 0 Å². The molecule has 0 radical (unpaired) electrons. The first-order valence-electron chi connectivity index (χ1n) is 7.25. The predicted molar refractivity (Wildman–Crippen MR) is 77.5 cm³/mol. The van der Waals surface area contributed by atoms with Crippen LogP contribution in [0.15, 0.2) is 18.3 Å². The Morgan fingerprint density at radius 1 is 1.55 bits per heavy atom. The molecule has 5 nitrogen and oxygen atoms in total. The van der Waals surface area contributed by atoms with Crippen molar-refractivity contribution in [2.24, 2.45) is 0 Å². The number of amides is 1. The standard InChI is InChI=1S/C15H23N3O2/c1-3-7-16-13-5-4-9-18(15(13)19)11-12-6-8-17-14(10-12)20-2/h6,8,10,13,16H,3-5,7,9,11H2,1-2H3. The largest absolute Gasteiger partial charge is 0.481 e. The van der Waals surface area contributed by atoms with E-state index in [1.165, 1.54) is 0 Å². The molecule has 1 aliphatic rings. The van der Waals surface area contributed by atoms with Gasteiger partial charge in [0.25, 0.3) is 0 Å². The third-order valence-corrected chi connectivity index (χ3v) is 3.55. The molecule has 5 heteroatoms. The second kappa shape index (κ2) is 7.24. The van der Waals surface area contributed by atoms with Gasteiger partial charge in [0, 0.05) is 25.4 Å². The van der Waals surface area contributed by atoms with E-state index >= 15 is 0 Å². The summed E-state index contributed by atoms with van der Waals surface area (Å²) in [5.74, 6) is 0.799. The number of nitrogens with one attached hydrogen (secondary N) is 1. The second-order valence-electron chi connectivity index (χ2n) is 5.12. The Bertz CT molecular complexity index is 450. The highest BCUT2D eigenvalue weighted by Gasteiger charge is 2.27. The highest BCUT2D eigenvalue weighted by molar-refractivity contribution is 5.82. The maximum atomic E-state index is 12.4. The zero-order chi connectivity index (χ0) is 14.4. The molecule has 20 heavy (non-hydrogen) atoms. The molecular weight excluding hydrogens is 254 g/mol. The molecule has 0 aliphatic carbocycles. The molecule has 1 atom stereocenters. The van der Waals surface area contributed by atoms with E-state index < -0.39 is 0 Å². The summed E-state index contributed by atoms with van der Waals surface area (Å²) in [6.07, 6.45) is 4.76. The van der Waals surface area contributed by atoms with E-state index in [2.05, 4.69) is 17.2 Å². The summed E-state index contributed by atoms with van der Waals surface area (Å²) in [4.78, 5) is 18.4. The minimum Gasteiger partial charge on any atom is -0.481 e. The zero-order valence-electron chi connectivity index (χ0n) is 12.3. The number of carbonyl (C=O) groups is 1. The van der Waals surface area contributed by atoms with Crippen molar-refractivity contribution in [3.63, 3.8) is 0 Å². The minimum absolute atomic E-state index is 0.0209. The monoisotopic (exact) mass is 277 g/mol. The molecule has 1 N–H and O–H groups in total. The summed E-state index contributed by atoms with van der Waals surface area (Å²) in [7, 11) is 1.60. The van der Waals surface area contributed by atoms with E-state index in [1.54, 1.807) is 13.3 Å². The fraction of sp³-hybridized carbons (Fsp3) is 0.600. The molecule has 1 amide bonds. The van der Waals surface area contributed by atoms with Crippen LogP contribution in [0.1, 0.15) is 31.7 Å². The quantitative estimate of drug-likeness (QED) is 0.858. The predicted octanol–water partition coefficient (Wildman–Crippen LogP) is 1.58. The lowest BCUT2D eigenvalue weighted by Gasteiger charge is -2.32. The molecule has 2 heterocycles. The number of hydrogen-bond donors (Lipinski definition) is 1. The summed E-state index contributed by atoms with van der Waals surface area (Å²) in [6.45, 7) is 4.46. The maximum Gasteiger partial charge on any atom is 0.240 e. The molecule has 0 aromatic carbocycles. The van der Waals surface area contributed by atoms with Crippen LogP contribution in [0.25, 0.3) is 0 Å². The van der Waals surface area contributed by atoms with Gasteiger partial charge < -0.3 is 15.0 Å². The minimum atomic E-state index is -0.0209. The molecule has 1 aromatic rings. The fourth-order valence-electron chi connectivity index (χ4n) is 2.49. The lowest BCUT2D eigenvalue weighted by atomic mass is 10.0. The van der Waals surface area contributed by atoms with Gasteiger partial charge in [0.2, 0.25) is 11.8 Å². The van der Waals surface area contributed by atoms with Crippen LogP contribution < -0.4 is 10.1 Å². The second-order valence-corrected chi connectivity index (χ2v) is 5.12. The van der Waals surface area contributed by atoms with Crippen molar-refractivity contribution in [3.8, 4) is 5.88 Å². The number of carbonyl (C=O) groups excluding carboxylic acids is 1. The molecular formula is C15H23N3O2. The van der Waals surface area contributed by atoms with Gasteiger partial charge in [-0.3, -0.25) is 4.79 Å². The van der Waals surface area contributed by atoms with Gasteiger partial charge in [0.15, 0.2) is 0 Å². The van der Waals surface area contributed by atoms with Crippen LogP contribution in [0.4, 0.5) is 0 Å². The van der Waals surface area contributed by atoms with Crippen LogP contribution in [0.2, 0.25) is 0 Å². The van der Waals surface area contributed by atoms with Crippen molar-refractivity contribution < 1.29 is 9.53 Å².